The van der Waals surface area contributed by atoms with E-state index in [0.717, 1.165) is 12.8 Å². The molecule has 22 heteroatoms. The normalized spacial score (nSPS) is 10.2. The van der Waals surface area contributed by atoms with Crippen LogP contribution in [0.25, 0.3) is 0 Å². The van der Waals surface area contributed by atoms with Gasteiger partial charge in [0.05, 0.1) is 32.1 Å². The number of aliphatic hydroxyl groups excluding tert-OH is 3. The average molecular weight is 681 g/mol. The molecule has 0 spiro atoms. The van der Waals surface area contributed by atoms with Crippen molar-refractivity contribution in [3.8, 4) is 0 Å². The lowest BCUT2D eigenvalue weighted by molar-refractivity contribution is -0.170. The van der Waals surface area contributed by atoms with Crippen LogP contribution in [0.1, 0.15) is 70.6 Å². The summed E-state index contributed by atoms with van der Waals surface area (Å²) in [7, 11) is 0. The van der Waals surface area contributed by atoms with Gasteiger partial charge in [0.15, 0.2) is 11.7 Å². The quantitative estimate of drug-likeness (QED) is 0.0660. The number of hydrogen-bond donors (Lipinski definition) is 13. The van der Waals surface area contributed by atoms with Crippen LogP contribution in [0, 0.1) is 0 Å². The summed E-state index contributed by atoms with van der Waals surface area (Å²) in [6.07, 6.45) is -2.97. The zero-order valence-electron chi connectivity index (χ0n) is 24.3. The summed E-state index contributed by atoms with van der Waals surface area (Å²) < 4.78 is 0. The fraction of sp³-hybridized carbons (Fsp3) is 0.625. The number of aliphatic carboxylic acids is 9. The van der Waals surface area contributed by atoms with Gasteiger partial charge in [0.2, 0.25) is 0 Å². The van der Waals surface area contributed by atoms with Crippen molar-refractivity contribution in [1.82, 2.24) is 0 Å². The van der Waals surface area contributed by atoms with Gasteiger partial charge in [-0.05, 0) is 25.7 Å². The van der Waals surface area contributed by atoms with Crippen molar-refractivity contribution in [3.63, 3.8) is 0 Å². The van der Waals surface area contributed by atoms with Crippen molar-refractivity contribution >= 4 is 53.7 Å². The van der Waals surface area contributed by atoms with Gasteiger partial charge < -0.3 is 66.4 Å². The van der Waals surface area contributed by atoms with E-state index >= 15 is 0 Å². The number of rotatable bonds is 19. The fourth-order valence-corrected chi connectivity index (χ4v) is 1.96. The molecule has 0 rings (SSSR count). The molecule has 268 valence electrons. The number of carboxylic acid groups (broad SMARTS) is 9. The van der Waals surface area contributed by atoms with E-state index in [2.05, 4.69) is 0 Å². The van der Waals surface area contributed by atoms with Gasteiger partial charge in [-0.1, -0.05) is 0 Å². The van der Waals surface area contributed by atoms with E-state index in [0.29, 0.717) is 12.8 Å². The summed E-state index contributed by atoms with van der Waals surface area (Å²) >= 11 is 0. The van der Waals surface area contributed by atoms with E-state index in [-0.39, 0.29) is 38.9 Å². The maximum Gasteiger partial charge on any atom is 0.336 e. The molecule has 0 aliphatic rings. The number of hydrogen-bond acceptors (Lipinski definition) is 13. The zero-order chi connectivity index (χ0) is 37.5. The van der Waals surface area contributed by atoms with Crippen molar-refractivity contribution < 1.29 is 110 Å². The van der Waals surface area contributed by atoms with Gasteiger partial charge in [0.25, 0.3) is 0 Å². The highest BCUT2D eigenvalue weighted by Gasteiger charge is 2.40. The van der Waals surface area contributed by atoms with Gasteiger partial charge in [-0.15, -0.1) is 0 Å². The monoisotopic (exact) mass is 680 g/mol. The molecule has 0 aromatic rings. The van der Waals surface area contributed by atoms with E-state index in [4.69, 9.17) is 66.4 Å². The highest BCUT2D eigenvalue weighted by atomic mass is 16.4. The van der Waals surface area contributed by atoms with Crippen molar-refractivity contribution in [2.24, 2.45) is 0 Å². The van der Waals surface area contributed by atoms with Gasteiger partial charge in [0.1, 0.15) is 0 Å². The minimum absolute atomic E-state index is 0.0628. The predicted molar refractivity (Wildman–Crippen MR) is 145 cm³/mol. The molecule has 0 radical (unpaired) electrons. The summed E-state index contributed by atoms with van der Waals surface area (Å²) in [6, 6.07) is 0. The Balaban J connectivity index is -0.000000156. The van der Waals surface area contributed by atoms with Gasteiger partial charge >= 0.3 is 53.7 Å². The van der Waals surface area contributed by atoms with Crippen LogP contribution >= 0.6 is 0 Å². The molecule has 1 atom stereocenters. The van der Waals surface area contributed by atoms with Crippen LogP contribution in [0.15, 0.2) is 0 Å². The van der Waals surface area contributed by atoms with E-state index in [1.54, 1.807) is 0 Å². The third kappa shape index (κ3) is 48.8. The Bertz CT molecular complexity index is 908. The molecular formula is C24H40O22. The third-order valence-corrected chi connectivity index (χ3v) is 4.09. The standard InChI is InChI=1S/C6H8O7.C6H10O4.C4H6O5.C4H6O4.C4H10O2/c7-3(8)1-6(13,5(11)12)2-4(9)10;7-5(8)3-1-2-4-6(9)10;5-2(4(8)9)1-3(6)7;5-3(6)1-2-4(7)8;5-3-1-2-4-6/h13H,1-2H2,(H,7,8)(H,9,10)(H,11,12);1-4H2,(H,7,8)(H,9,10);2,5H,1H2,(H,6,7)(H,8,9);1-2H2,(H,5,6)(H,7,8);5-6H,1-4H2. The molecule has 0 bridgehead atoms. The Hall–Kier alpha value is -4.93. The van der Waals surface area contributed by atoms with Crippen LogP contribution in [0.4, 0.5) is 0 Å². The lowest BCUT2D eigenvalue weighted by Crippen LogP contribution is -2.42. The molecule has 0 fully saturated rings. The molecular weight excluding hydrogens is 640 g/mol. The predicted octanol–water partition coefficient (Wildman–Crippen LogP) is -1.94. The smallest absolute Gasteiger partial charge is 0.336 e. The second-order valence-electron chi connectivity index (χ2n) is 8.37. The molecule has 0 aromatic carbocycles. The lowest BCUT2D eigenvalue weighted by atomic mass is 9.96. The Morgan fingerprint density at radius 2 is 0.761 bits per heavy atom. The van der Waals surface area contributed by atoms with Gasteiger partial charge in [-0.2, -0.15) is 0 Å². The van der Waals surface area contributed by atoms with Crippen LogP contribution in [0.3, 0.4) is 0 Å². The van der Waals surface area contributed by atoms with Crippen molar-refractivity contribution in [2.45, 2.75) is 82.3 Å². The number of carboxylic acids is 9. The SMILES string of the molecule is O=C(O)CC(O)(CC(=O)O)C(=O)O.O=C(O)CC(O)C(=O)O.O=C(O)CCC(=O)O.O=C(O)CCCCC(=O)O.OCCCCO. The molecule has 46 heavy (non-hydrogen) atoms. The second-order valence-corrected chi connectivity index (χ2v) is 8.37. The highest BCUT2D eigenvalue weighted by Crippen LogP contribution is 2.15. The number of unbranched alkanes of at least 4 members (excludes halogenated alkanes) is 2. The molecule has 0 aliphatic heterocycles. The van der Waals surface area contributed by atoms with Gasteiger partial charge in [-0.25, -0.2) is 9.59 Å². The Kier molecular flexibility index (Phi) is 34.7. The molecule has 0 heterocycles. The van der Waals surface area contributed by atoms with Crippen molar-refractivity contribution in [3.05, 3.63) is 0 Å². The molecule has 22 nitrogen and oxygen atoms in total. The van der Waals surface area contributed by atoms with E-state index < -0.39 is 84.7 Å². The summed E-state index contributed by atoms with van der Waals surface area (Å²) in [4.78, 5) is 89.0. The number of aliphatic hydroxyl groups is 4. The van der Waals surface area contributed by atoms with Crippen LogP contribution in [-0.4, -0.2) is 145 Å². The highest BCUT2D eigenvalue weighted by molar-refractivity contribution is 5.88. The third-order valence-electron chi connectivity index (χ3n) is 4.09. The van der Waals surface area contributed by atoms with Gasteiger partial charge in [-0.3, -0.25) is 33.6 Å². The largest absolute Gasteiger partial charge is 0.481 e. The maximum atomic E-state index is 10.3. The minimum atomic E-state index is -2.74. The summed E-state index contributed by atoms with van der Waals surface area (Å²) in [5.74, 6) is -11.8. The molecule has 0 amide bonds. The molecule has 0 saturated heterocycles. The van der Waals surface area contributed by atoms with Crippen LogP contribution in [-0.2, 0) is 43.2 Å². The second kappa shape index (κ2) is 31.5. The Labute approximate surface area is 259 Å². The van der Waals surface area contributed by atoms with Crippen molar-refractivity contribution in [2.75, 3.05) is 13.2 Å². The van der Waals surface area contributed by atoms with Crippen LogP contribution in [0.5, 0.6) is 0 Å². The average Bonchev–Trinajstić information content (AvgIpc) is 2.88. The first-order valence-electron chi connectivity index (χ1n) is 12.6. The molecule has 0 aliphatic carbocycles. The first kappa shape index (κ1) is 50.7. The summed E-state index contributed by atoms with van der Waals surface area (Å²) in [5.41, 5.74) is -2.74. The van der Waals surface area contributed by atoms with E-state index in [1.807, 2.05) is 0 Å². The molecule has 0 aromatic heterocycles. The van der Waals surface area contributed by atoms with Crippen molar-refractivity contribution in [1.29, 1.82) is 0 Å². The maximum absolute atomic E-state index is 10.3. The Morgan fingerprint density at radius 1 is 0.457 bits per heavy atom. The van der Waals surface area contributed by atoms with Crippen LogP contribution in [0.2, 0.25) is 0 Å². The van der Waals surface area contributed by atoms with E-state index in [9.17, 15) is 43.2 Å². The number of carbonyl (C=O) groups is 9. The minimum Gasteiger partial charge on any atom is -0.481 e. The first-order chi connectivity index (χ1) is 21.0. The van der Waals surface area contributed by atoms with E-state index in [1.165, 1.54) is 0 Å². The zero-order valence-corrected chi connectivity index (χ0v) is 24.3. The Morgan fingerprint density at radius 3 is 0.913 bits per heavy atom. The first-order valence-corrected chi connectivity index (χ1v) is 12.6. The van der Waals surface area contributed by atoms with Crippen LogP contribution < -0.4 is 0 Å². The lowest BCUT2D eigenvalue weighted by Gasteiger charge is -2.18. The molecule has 0 saturated carbocycles. The molecule has 1 unspecified atom stereocenters. The van der Waals surface area contributed by atoms with Gasteiger partial charge in [0, 0.05) is 26.1 Å². The summed E-state index contributed by atoms with van der Waals surface area (Å²) in [5, 5.41) is 106. The topological polar surface area (TPSA) is 417 Å². The summed E-state index contributed by atoms with van der Waals surface area (Å²) in [6.45, 7) is 0.390. The molecule has 13 N–H and O–H groups in total. The fourth-order valence-electron chi connectivity index (χ4n) is 1.96.